The topological polar surface area (TPSA) is 73.8 Å². The molecule has 0 unspecified atom stereocenters. The van der Waals surface area contributed by atoms with E-state index in [4.69, 9.17) is 0 Å². The number of nitrogens with zero attached hydrogens (tertiary/aromatic N) is 4. The number of aromatic nitrogens is 3. The number of halogens is 1. The van der Waals surface area contributed by atoms with Crippen LogP contribution in [0.5, 0.6) is 0 Å². The number of rotatable bonds is 3. The van der Waals surface area contributed by atoms with Gasteiger partial charge >= 0.3 is 0 Å². The molecule has 88 valence electrons. The van der Waals surface area contributed by atoms with Gasteiger partial charge in [-0.2, -0.15) is 0 Å². The Balaban J connectivity index is 2.40. The standard InChI is InChI=1S/C10H9BrN4O2/c1-7-4-9(2-3-10(7)15(16)17)14-6-8(5-11)12-13-14/h2-4,6H,5H2,1H3. The van der Waals surface area contributed by atoms with Crippen LogP contribution in [-0.2, 0) is 5.33 Å². The molecule has 0 amide bonds. The van der Waals surface area contributed by atoms with Crippen LogP contribution < -0.4 is 0 Å². The van der Waals surface area contributed by atoms with Gasteiger partial charge in [0.15, 0.2) is 0 Å². The number of benzene rings is 1. The molecule has 2 aromatic rings. The number of hydrogen-bond acceptors (Lipinski definition) is 4. The molecule has 1 heterocycles. The molecule has 0 fully saturated rings. The Labute approximate surface area is 106 Å². The molecule has 1 aromatic heterocycles. The molecule has 0 saturated heterocycles. The molecule has 17 heavy (non-hydrogen) atoms. The molecule has 0 aliphatic rings. The van der Waals surface area contributed by atoms with Crippen molar-refractivity contribution in [3.8, 4) is 5.69 Å². The van der Waals surface area contributed by atoms with Crippen molar-refractivity contribution in [2.45, 2.75) is 12.3 Å². The maximum atomic E-state index is 10.7. The highest BCUT2D eigenvalue weighted by molar-refractivity contribution is 9.08. The van der Waals surface area contributed by atoms with Crippen LogP contribution >= 0.6 is 15.9 Å². The van der Waals surface area contributed by atoms with Crippen molar-refractivity contribution in [1.29, 1.82) is 0 Å². The second-order valence-corrected chi connectivity index (χ2v) is 4.08. The van der Waals surface area contributed by atoms with Gasteiger partial charge in [0.25, 0.3) is 5.69 Å². The Hall–Kier alpha value is -1.76. The summed E-state index contributed by atoms with van der Waals surface area (Å²) in [6.07, 6.45) is 1.77. The fourth-order valence-electron chi connectivity index (χ4n) is 1.47. The Morgan fingerprint density at radius 2 is 2.29 bits per heavy atom. The highest BCUT2D eigenvalue weighted by atomic mass is 79.9. The quantitative estimate of drug-likeness (QED) is 0.495. The van der Waals surface area contributed by atoms with E-state index in [1.54, 1.807) is 29.9 Å². The molecule has 0 bridgehead atoms. The van der Waals surface area contributed by atoms with Gasteiger partial charge < -0.3 is 0 Å². The van der Waals surface area contributed by atoms with Gasteiger partial charge in [0.05, 0.1) is 22.5 Å². The summed E-state index contributed by atoms with van der Waals surface area (Å²) in [7, 11) is 0. The minimum Gasteiger partial charge on any atom is -0.258 e. The van der Waals surface area contributed by atoms with Gasteiger partial charge in [-0.05, 0) is 19.1 Å². The van der Waals surface area contributed by atoms with Crippen molar-refractivity contribution < 1.29 is 4.92 Å². The highest BCUT2D eigenvalue weighted by Crippen LogP contribution is 2.20. The fourth-order valence-corrected chi connectivity index (χ4v) is 1.73. The highest BCUT2D eigenvalue weighted by Gasteiger charge is 2.11. The van der Waals surface area contributed by atoms with Gasteiger partial charge in [-0.1, -0.05) is 21.1 Å². The smallest absolute Gasteiger partial charge is 0.258 e. The van der Waals surface area contributed by atoms with Crippen LogP contribution in [0, 0.1) is 17.0 Å². The van der Waals surface area contributed by atoms with Crippen molar-refractivity contribution in [2.75, 3.05) is 0 Å². The molecular formula is C10H9BrN4O2. The molecule has 6 nitrogen and oxygen atoms in total. The molecule has 0 aliphatic carbocycles. The first-order chi connectivity index (χ1) is 8.11. The molecule has 0 N–H and O–H groups in total. The van der Waals surface area contributed by atoms with Crippen molar-refractivity contribution in [1.82, 2.24) is 15.0 Å². The summed E-state index contributed by atoms with van der Waals surface area (Å²) in [4.78, 5) is 10.3. The molecule has 0 atom stereocenters. The minimum atomic E-state index is -0.398. The number of alkyl halides is 1. The third-order valence-electron chi connectivity index (χ3n) is 2.32. The molecular weight excluding hydrogens is 288 g/mol. The van der Waals surface area contributed by atoms with Gasteiger partial charge in [-0.25, -0.2) is 4.68 Å². The SMILES string of the molecule is Cc1cc(-n2cc(CBr)nn2)ccc1[N+](=O)[O-]. The maximum Gasteiger partial charge on any atom is 0.272 e. The second-order valence-electron chi connectivity index (χ2n) is 3.52. The van der Waals surface area contributed by atoms with Crippen LogP contribution in [0.15, 0.2) is 24.4 Å². The largest absolute Gasteiger partial charge is 0.272 e. The van der Waals surface area contributed by atoms with Gasteiger partial charge in [0, 0.05) is 17.0 Å². The zero-order chi connectivity index (χ0) is 12.4. The van der Waals surface area contributed by atoms with Crippen LogP contribution in [0.1, 0.15) is 11.3 Å². The van der Waals surface area contributed by atoms with E-state index >= 15 is 0 Å². The number of hydrogen-bond donors (Lipinski definition) is 0. The number of nitro benzene ring substituents is 1. The van der Waals surface area contributed by atoms with Crippen LogP contribution in [0.3, 0.4) is 0 Å². The average molecular weight is 297 g/mol. The lowest BCUT2D eigenvalue weighted by Crippen LogP contribution is -1.98. The first-order valence-corrected chi connectivity index (χ1v) is 5.96. The van der Waals surface area contributed by atoms with Crippen molar-refractivity contribution in [3.63, 3.8) is 0 Å². The lowest BCUT2D eigenvalue weighted by Gasteiger charge is -2.02. The Bertz CT molecular complexity index is 567. The molecule has 0 radical (unpaired) electrons. The number of aryl methyl sites for hydroxylation is 1. The normalized spacial score (nSPS) is 10.5. The lowest BCUT2D eigenvalue weighted by molar-refractivity contribution is -0.385. The van der Waals surface area contributed by atoms with E-state index in [0.717, 1.165) is 11.4 Å². The lowest BCUT2D eigenvalue weighted by atomic mass is 10.2. The van der Waals surface area contributed by atoms with Crippen molar-refractivity contribution in [2.24, 2.45) is 0 Å². The minimum absolute atomic E-state index is 0.106. The molecule has 0 aliphatic heterocycles. The van der Waals surface area contributed by atoms with Gasteiger partial charge in [0.2, 0.25) is 0 Å². The molecule has 0 saturated carbocycles. The van der Waals surface area contributed by atoms with E-state index < -0.39 is 4.92 Å². The Morgan fingerprint density at radius 1 is 1.53 bits per heavy atom. The fraction of sp³-hybridized carbons (Fsp3) is 0.200. The van der Waals surface area contributed by atoms with E-state index in [-0.39, 0.29) is 5.69 Å². The predicted octanol–water partition coefficient (Wildman–Crippen LogP) is 2.38. The van der Waals surface area contributed by atoms with E-state index in [1.807, 2.05) is 0 Å². The second kappa shape index (κ2) is 4.62. The van der Waals surface area contributed by atoms with E-state index in [1.165, 1.54) is 6.07 Å². The van der Waals surface area contributed by atoms with Crippen LogP contribution in [0.2, 0.25) is 0 Å². The summed E-state index contributed by atoms with van der Waals surface area (Å²) in [6.45, 7) is 1.70. The molecule has 1 aromatic carbocycles. The van der Waals surface area contributed by atoms with E-state index in [9.17, 15) is 10.1 Å². The molecule has 7 heteroatoms. The zero-order valence-corrected chi connectivity index (χ0v) is 10.6. The summed E-state index contributed by atoms with van der Waals surface area (Å²) >= 11 is 3.28. The third kappa shape index (κ3) is 2.33. The molecule has 0 spiro atoms. The van der Waals surface area contributed by atoms with Crippen LogP contribution in [-0.4, -0.2) is 19.9 Å². The first-order valence-electron chi connectivity index (χ1n) is 4.84. The van der Waals surface area contributed by atoms with E-state index in [2.05, 4.69) is 26.2 Å². The van der Waals surface area contributed by atoms with E-state index in [0.29, 0.717) is 10.9 Å². The molecule has 2 rings (SSSR count). The summed E-state index contributed by atoms with van der Waals surface area (Å²) in [5, 5.41) is 19.2. The summed E-state index contributed by atoms with van der Waals surface area (Å²) in [5.74, 6) is 0. The maximum absolute atomic E-state index is 10.7. The first kappa shape index (κ1) is 11.7. The Morgan fingerprint density at radius 3 is 2.82 bits per heavy atom. The summed E-state index contributed by atoms with van der Waals surface area (Å²) in [5.41, 5.74) is 2.27. The van der Waals surface area contributed by atoms with Gasteiger partial charge in [-0.15, -0.1) is 5.10 Å². The summed E-state index contributed by atoms with van der Waals surface area (Å²) < 4.78 is 1.59. The third-order valence-corrected chi connectivity index (χ3v) is 2.89. The monoisotopic (exact) mass is 296 g/mol. The summed E-state index contributed by atoms with van der Waals surface area (Å²) in [6, 6.07) is 4.84. The zero-order valence-electron chi connectivity index (χ0n) is 9.00. The Kier molecular flexibility index (Phi) is 3.19. The van der Waals surface area contributed by atoms with Gasteiger partial charge in [-0.3, -0.25) is 10.1 Å². The predicted molar refractivity (Wildman–Crippen MR) is 65.4 cm³/mol. The van der Waals surface area contributed by atoms with Crippen molar-refractivity contribution >= 4 is 21.6 Å². The number of nitro groups is 1. The average Bonchev–Trinajstić information content (AvgIpc) is 2.76. The van der Waals surface area contributed by atoms with Crippen LogP contribution in [0.25, 0.3) is 5.69 Å². The van der Waals surface area contributed by atoms with Crippen LogP contribution in [0.4, 0.5) is 5.69 Å². The van der Waals surface area contributed by atoms with Crippen molar-refractivity contribution in [3.05, 3.63) is 45.8 Å². The van der Waals surface area contributed by atoms with Gasteiger partial charge in [0.1, 0.15) is 0 Å².